The first kappa shape index (κ1) is 16.0. The Kier molecular flexibility index (Phi) is 5.76. The lowest BCUT2D eigenvalue weighted by Gasteiger charge is -2.08. The first-order valence-electron chi connectivity index (χ1n) is 6.50. The number of rotatable bonds is 1. The summed E-state index contributed by atoms with van der Waals surface area (Å²) in [7, 11) is 0. The molecule has 21 heavy (non-hydrogen) atoms. The van der Waals surface area contributed by atoms with E-state index in [1.54, 1.807) is 12.3 Å². The Balaban J connectivity index is 0.000000161. The second kappa shape index (κ2) is 7.56. The van der Waals surface area contributed by atoms with E-state index in [0.29, 0.717) is 6.04 Å². The Bertz CT molecular complexity index is 601. The standard InChI is InChI=1S/C9H11FN2.C6H3BrF2/c10-8-4-7(5-11-6-8)9-2-1-3-12-9;7-5-3-4(8)1-2-6(5)9/h4-6,9,12H,1-3H2;1-3H/t9-;/m1./s1. The number of hydrogen-bond acceptors (Lipinski definition) is 2. The quantitative estimate of drug-likeness (QED) is 0.765. The number of halogens is 4. The van der Waals surface area contributed by atoms with E-state index in [1.165, 1.54) is 12.6 Å². The van der Waals surface area contributed by atoms with Crippen LogP contribution in [0.2, 0.25) is 0 Å². The average Bonchev–Trinajstić information content (AvgIpc) is 2.98. The van der Waals surface area contributed by atoms with Gasteiger partial charge in [0.1, 0.15) is 17.5 Å². The summed E-state index contributed by atoms with van der Waals surface area (Å²) in [5.41, 5.74) is 0.965. The molecule has 6 heteroatoms. The fraction of sp³-hybridized carbons (Fsp3) is 0.267. The Morgan fingerprint density at radius 3 is 2.48 bits per heavy atom. The predicted molar refractivity (Wildman–Crippen MR) is 78.2 cm³/mol. The Labute approximate surface area is 129 Å². The van der Waals surface area contributed by atoms with Crippen LogP contribution in [-0.4, -0.2) is 11.5 Å². The summed E-state index contributed by atoms with van der Waals surface area (Å²) in [6.07, 6.45) is 5.22. The molecule has 0 amide bonds. The Morgan fingerprint density at radius 2 is 1.90 bits per heavy atom. The molecule has 1 aliphatic rings. The molecule has 1 atom stereocenters. The summed E-state index contributed by atoms with van der Waals surface area (Å²) in [4.78, 5) is 3.81. The number of nitrogens with zero attached hydrogens (tertiary/aromatic N) is 1. The largest absolute Gasteiger partial charge is 0.310 e. The van der Waals surface area contributed by atoms with Gasteiger partial charge in [0.25, 0.3) is 0 Å². The summed E-state index contributed by atoms with van der Waals surface area (Å²) < 4.78 is 37.3. The van der Waals surface area contributed by atoms with E-state index < -0.39 is 11.6 Å². The molecule has 1 aliphatic heterocycles. The Morgan fingerprint density at radius 1 is 1.10 bits per heavy atom. The summed E-state index contributed by atoms with van der Waals surface area (Å²) in [6.45, 7) is 1.03. The monoisotopic (exact) mass is 358 g/mol. The number of nitrogens with one attached hydrogen (secondary N) is 1. The molecule has 3 rings (SSSR count). The molecule has 0 bridgehead atoms. The fourth-order valence-corrected chi connectivity index (χ4v) is 2.41. The molecule has 2 aromatic rings. The van der Waals surface area contributed by atoms with Gasteiger partial charge in [-0.2, -0.15) is 0 Å². The highest BCUT2D eigenvalue weighted by Crippen LogP contribution is 2.22. The lowest BCUT2D eigenvalue weighted by Crippen LogP contribution is -2.13. The molecular formula is C15H14BrF3N2. The third-order valence-electron chi connectivity index (χ3n) is 3.07. The molecule has 0 unspecified atom stereocenters. The van der Waals surface area contributed by atoms with Gasteiger partial charge in [-0.1, -0.05) is 0 Å². The second-order valence-electron chi connectivity index (χ2n) is 4.64. The summed E-state index contributed by atoms with van der Waals surface area (Å²) in [5.74, 6) is -1.14. The van der Waals surface area contributed by atoms with Crippen molar-refractivity contribution in [2.24, 2.45) is 0 Å². The molecule has 0 radical (unpaired) electrons. The van der Waals surface area contributed by atoms with Gasteiger partial charge in [-0.15, -0.1) is 0 Å². The maximum atomic E-state index is 12.7. The second-order valence-corrected chi connectivity index (χ2v) is 5.50. The van der Waals surface area contributed by atoms with E-state index >= 15 is 0 Å². The highest BCUT2D eigenvalue weighted by molar-refractivity contribution is 9.10. The van der Waals surface area contributed by atoms with E-state index in [1.807, 2.05) is 0 Å². The normalized spacial score (nSPS) is 17.2. The first-order chi connectivity index (χ1) is 10.1. The minimum Gasteiger partial charge on any atom is -0.310 e. The predicted octanol–water partition coefficient (Wildman–Crippen LogP) is 4.37. The van der Waals surface area contributed by atoms with Crippen LogP contribution in [0.5, 0.6) is 0 Å². The first-order valence-corrected chi connectivity index (χ1v) is 7.30. The van der Waals surface area contributed by atoms with Gasteiger partial charge in [0.15, 0.2) is 0 Å². The van der Waals surface area contributed by atoms with Crippen molar-refractivity contribution in [2.75, 3.05) is 6.54 Å². The van der Waals surface area contributed by atoms with Crippen LogP contribution in [-0.2, 0) is 0 Å². The number of pyridine rings is 1. The molecule has 2 heterocycles. The van der Waals surface area contributed by atoms with Crippen LogP contribution in [0, 0.1) is 17.5 Å². The third kappa shape index (κ3) is 4.82. The highest BCUT2D eigenvalue weighted by Gasteiger charge is 2.16. The number of aromatic nitrogens is 1. The van der Waals surface area contributed by atoms with Gasteiger partial charge in [0.2, 0.25) is 0 Å². The summed E-state index contributed by atoms with van der Waals surface area (Å²) in [5, 5.41) is 3.29. The van der Waals surface area contributed by atoms with Crippen molar-refractivity contribution in [1.29, 1.82) is 0 Å². The molecular weight excluding hydrogens is 345 g/mol. The van der Waals surface area contributed by atoms with Crippen LogP contribution in [0.25, 0.3) is 0 Å². The molecule has 112 valence electrons. The van der Waals surface area contributed by atoms with Crippen LogP contribution in [0.3, 0.4) is 0 Å². The zero-order chi connectivity index (χ0) is 15.2. The lowest BCUT2D eigenvalue weighted by molar-refractivity contribution is 0.594. The van der Waals surface area contributed by atoms with Crippen molar-refractivity contribution in [3.8, 4) is 0 Å². The van der Waals surface area contributed by atoms with Crippen LogP contribution in [0.1, 0.15) is 24.4 Å². The number of hydrogen-bond donors (Lipinski definition) is 1. The topological polar surface area (TPSA) is 24.9 Å². The van der Waals surface area contributed by atoms with Gasteiger partial charge in [0, 0.05) is 12.2 Å². The van der Waals surface area contributed by atoms with E-state index in [0.717, 1.165) is 36.7 Å². The maximum Gasteiger partial charge on any atom is 0.141 e. The molecule has 0 saturated carbocycles. The SMILES string of the molecule is Fc1ccc(F)c(Br)c1.Fc1cncc([C@H]2CCCN2)c1. The number of benzene rings is 1. The van der Waals surface area contributed by atoms with Crippen LogP contribution < -0.4 is 5.32 Å². The van der Waals surface area contributed by atoms with Crippen LogP contribution in [0.15, 0.2) is 41.1 Å². The van der Waals surface area contributed by atoms with Gasteiger partial charge in [0.05, 0.1) is 10.7 Å². The van der Waals surface area contributed by atoms with E-state index in [-0.39, 0.29) is 10.3 Å². The van der Waals surface area contributed by atoms with Gasteiger partial charge < -0.3 is 5.32 Å². The molecule has 1 saturated heterocycles. The van der Waals surface area contributed by atoms with Crippen molar-refractivity contribution >= 4 is 15.9 Å². The fourth-order valence-electron chi connectivity index (χ4n) is 2.06. The lowest BCUT2D eigenvalue weighted by atomic mass is 10.1. The maximum absolute atomic E-state index is 12.7. The van der Waals surface area contributed by atoms with Gasteiger partial charge in [-0.3, -0.25) is 4.98 Å². The van der Waals surface area contributed by atoms with Crippen molar-refractivity contribution < 1.29 is 13.2 Å². The third-order valence-corrected chi connectivity index (χ3v) is 3.68. The molecule has 1 N–H and O–H groups in total. The van der Waals surface area contributed by atoms with E-state index in [2.05, 4.69) is 26.2 Å². The minimum atomic E-state index is -0.448. The molecule has 2 nitrogen and oxygen atoms in total. The zero-order valence-corrected chi connectivity index (χ0v) is 12.7. The Hall–Kier alpha value is -1.40. The van der Waals surface area contributed by atoms with Gasteiger partial charge >= 0.3 is 0 Å². The molecule has 1 fully saturated rings. The van der Waals surface area contributed by atoms with Crippen molar-refractivity contribution in [2.45, 2.75) is 18.9 Å². The van der Waals surface area contributed by atoms with Crippen molar-refractivity contribution in [1.82, 2.24) is 10.3 Å². The molecule has 1 aromatic carbocycles. The molecule has 0 spiro atoms. The smallest absolute Gasteiger partial charge is 0.141 e. The molecule has 1 aromatic heterocycles. The van der Waals surface area contributed by atoms with Gasteiger partial charge in [-0.05, 0) is 65.1 Å². The van der Waals surface area contributed by atoms with Crippen molar-refractivity contribution in [3.05, 3.63) is 64.1 Å². The zero-order valence-electron chi connectivity index (χ0n) is 11.1. The summed E-state index contributed by atoms with van der Waals surface area (Å²) >= 11 is 2.83. The van der Waals surface area contributed by atoms with E-state index in [9.17, 15) is 13.2 Å². The average molecular weight is 359 g/mol. The van der Waals surface area contributed by atoms with Crippen LogP contribution >= 0.6 is 15.9 Å². The molecule has 0 aliphatic carbocycles. The minimum absolute atomic E-state index is 0.155. The van der Waals surface area contributed by atoms with Crippen LogP contribution in [0.4, 0.5) is 13.2 Å². The van der Waals surface area contributed by atoms with Crippen molar-refractivity contribution in [3.63, 3.8) is 0 Å². The van der Waals surface area contributed by atoms with Gasteiger partial charge in [-0.25, -0.2) is 13.2 Å². The van der Waals surface area contributed by atoms with E-state index in [4.69, 9.17) is 0 Å². The summed E-state index contributed by atoms with van der Waals surface area (Å²) in [6, 6.07) is 5.08. The highest BCUT2D eigenvalue weighted by atomic mass is 79.9.